The molecule has 6 heteroatoms. The standard InChI is InChI=1S/C9H16N2O4/c1-4-2-5(3-6(10)9(14)15)8(13)11-7(4)12/h4-7,12H,2-3,10H2,1H3,(H,11,13)(H,14,15)/t4?,5-,6?,7?/m0/s1. The van der Waals surface area contributed by atoms with E-state index in [1.807, 2.05) is 0 Å². The molecule has 1 rings (SSSR count). The van der Waals surface area contributed by atoms with Gasteiger partial charge in [-0.25, -0.2) is 0 Å². The Morgan fingerprint density at radius 2 is 2.33 bits per heavy atom. The van der Waals surface area contributed by atoms with Crippen LogP contribution in [0.1, 0.15) is 19.8 Å². The predicted molar refractivity (Wildman–Crippen MR) is 51.6 cm³/mol. The summed E-state index contributed by atoms with van der Waals surface area (Å²) in [7, 11) is 0. The van der Waals surface area contributed by atoms with Crippen LogP contribution in [-0.4, -0.2) is 34.4 Å². The Bertz CT molecular complexity index is 269. The minimum absolute atomic E-state index is 0.0753. The van der Waals surface area contributed by atoms with Gasteiger partial charge in [-0.2, -0.15) is 0 Å². The van der Waals surface area contributed by atoms with E-state index in [4.69, 9.17) is 10.8 Å². The van der Waals surface area contributed by atoms with Gasteiger partial charge >= 0.3 is 5.97 Å². The molecule has 5 N–H and O–H groups in total. The Morgan fingerprint density at radius 3 is 2.87 bits per heavy atom. The molecule has 1 aliphatic heterocycles. The fourth-order valence-electron chi connectivity index (χ4n) is 1.70. The minimum atomic E-state index is -1.11. The summed E-state index contributed by atoms with van der Waals surface area (Å²) in [6, 6.07) is -1.02. The zero-order valence-electron chi connectivity index (χ0n) is 8.51. The van der Waals surface area contributed by atoms with Gasteiger partial charge in [-0.1, -0.05) is 6.92 Å². The van der Waals surface area contributed by atoms with Crippen LogP contribution in [0.3, 0.4) is 0 Å². The number of aliphatic carboxylic acids is 1. The second-order valence-electron chi connectivity index (χ2n) is 4.04. The van der Waals surface area contributed by atoms with Crippen LogP contribution in [-0.2, 0) is 9.59 Å². The van der Waals surface area contributed by atoms with Crippen molar-refractivity contribution in [1.82, 2.24) is 5.32 Å². The van der Waals surface area contributed by atoms with Crippen molar-refractivity contribution in [1.29, 1.82) is 0 Å². The van der Waals surface area contributed by atoms with Crippen molar-refractivity contribution in [2.24, 2.45) is 17.6 Å². The van der Waals surface area contributed by atoms with Crippen LogP contribution in [0.2, 0.25) is 0 Å². The van der Waals surface area contributed by atoms with Gasteiger partial charge in [0.25, 0.3) is 0 Å². The average Bonchev–Trinajstić information content (AvgIpc) is 2.13. The summed E-state index contributed by atoms with van der Waals surface area (Å²) in [5, 5.41) is 20.3. The first-order valence-electron chi connectivity index (χ1n) is 4.88. The van der Waals surface area contributed by atoms with E-state index < -0.39 is 24.2 Å². The summed E-state index contributed by atoms with van der Waals surface area (Å²) < 4.78 is 0. The molecule has 4 atom stereocenters. The number of nitrogens with one attached hydrogen (secondary N) is 1. The van der Waals surface area contributed by atoms with Gasteiger partial charge in [0, 0.05) is 11.8 Å². The molecule has 0 saturated carbocycles. The first kappa shape index (κ1) is 11.9. The Labute approximate surface area is 87.5 Å². The number of carboxylic acid groups (broad SMARTS) is 1. The number of carbonyl (C=O) groups excluding carboxylic acids is 1. The number of aliphatic hydroxyl groups excluding tert-OH is 1. The van der Waals surface area contributed by atoms with Gasteiger partial charge in [0.1, 0.15) is 12.3 Å². The van der Waals surface area contributed by atoms with Crippen molar-refractivity contribution in [3.8, 4) is 0 Å². The van der Waals surface area contributed by atoms with Crippen LogP contribution in [0.5, 0.6) is 0 Å². The third kappa shape index (κ3) is 2.90. The highest BCUT2D eigenvalue weighted by molar-refractivity contribution is 5.81. The summed E-state index contributed by atoms with van der Waals surface area (Å²) in [6.45, 7) is 1.80. The SMILES string of the molecule is CC1C[C@@H](CC(N)C(=O)O)C(=O)NC1O. The molecule has 0 bridgehead atoms. The normalized spacial score (nSPS) is 33.3. The number of hydrogen-bond acceptors (Lipinski definition) is 4. The third-order valence-corrected chi connectivity index (χ3v) is 2.71. The molecule has 1 amide bonds. The zero-order chi connectivity index (χ0) is 11.6. The molecular formula is C9H16N2O4. The number of amides is 1. The summed E-state index contributed by atoms with van der Waals surface area (Å²) >= 11 is 0. The molecule has 15 heavy (non-hydrogen) atoms. The van der Waals surface area contributed by atoms with Gasteiger partial charge in [0.2, 0.25) is 5.91 Å². The summed E-state index contributed by atoms with van der Waals surface area (Å²) in [5.74, 6) is -1.93. The smallest absolute Gasteiger partial charge is 0.320 e. The van der Waals surface area contributed by atoms with Crippen molar-refractivity contribution in [2.75, 3.05) is 0 Å². The van der Waals surface area contributed by atoms with Gasteiger partial charge in [0.15, 0.2) is 0 Å². The number of carboxylic acids is 1. The van der Waals surface area contributed by atoms with E-state index in [2.05, 4.69) is 5.32 Å². The van der Waals surface area contributed by atoms with Crippen LogP contribution < -0.4 is 11.1 Å². The Morgan fingerprint density at radius 1 is 1.73 bits per heavy atom. The molecule has 0 spiro atoms. The lowest BCUT2D eigenvalue weighted by molar-refractivity contribution is -0.140. The van der Waals surface area contributed by atoms with E-state index in [-0.39, 0.29) is 18.2 Å². The summed E-state index contributed by atoms with van der Waals surface area (Å²) in [4.78, 5) is 21.9. The highest BCUT2D eigenvalue weighted by Gasteiger charge is 2.33. The molecule has 3 unspecified atom stereocenters. The number of rotatable bonds is 3. The second-order valence-corrected chi connectivity index (χ2v) is 4.04. The molecule has 6 nitrogen and oxygen atoms in total. The van der Waals surface area contributed by atoms with Crippen molar-refractivity contribution in [3.63, 3.8) is 0 Å². The van der Waals surface area contributed by atoms with Gasteiger partial charge in [-0.3, -0.25) is 9.59 Å². The summed E-state index contributed by atoms with van der Waals surface area (Å²) in [5.41, 5.74) is 5.35. The lowest BCUT2D eigenvalue weighted by Gasteiger charge is -2.31. The van der Waals surface area contributed by atoms with Gasteiger partial charge in [-0.05, 0) is 12.8 Å². The van der Waals surface area contributed by atoms with E-state index in [1.54, 1.807) is 6.92 Å². The first-order valence-corrected chi connectivity index (χ1v) is 4.88. The fourth-order valence-corrected chi connectivity index (χ4v) is 1.70. The number of aliphatic hydroxyl groups is 1. The number of piperidine rings is 1. The molecule has 1 aliphatic rings. The highest BCUT2D eigenvalue weighted by Crippen LogP contribution is 2.23. The average molecular weight is 216 g/mol. The maximum Gasteiger partial charge on any atom is 0.320 e. The van der Waals surface area contributed by atoms with Crippen LogP contribution in [0, 0.1) is 11.8 Å². The van der Waals surface area contributed by atoms with Crippen molar-refractivity contribution < 1.29 is 19.8 Å². The van der Waals surface area contributed by atoms with Crippen molar-refractivity contribution in [3.05, 3.63) is 0 Å². The van der Waals surface area contributed by atoms with Crippen LogP contribution in [0.4, 0.5) is 0 Å². The molecule has 1 fully saturated rings. The molecule has 86 valence electrons. The van der Waals surface area contributed by atoms with E-state index in [9.17, 15) is 14.7 Å². The number of nitrogens with two attached hydrogens (primary N) is 1. The Kier molecular flexibility index (Phi) is 3.65. The molecule has 0 aromatic rings. The maximum absolute atomic E-state index is 11.4. The molecule has 1 heterocycles. The second kappa shape index (κ2) is 4.59. The third-order valence-electron chi connectivity index (χ3n) is 2.71. The molecular weight excluding hydrogens is 200 g/mol. The first-order chi connectivity index (χ1) is 6.91. The van der Waals surface area contributed by atoms with E-state index in [1.165, 1.54) is 0 Å². The van der Waals surface area contributed by atoms with Crippen molar-refractivity contribution in [2.45, 2.75) is 32.0 Å². The maximum atomic E-state index is 11.4. The minimum Gasteiger partial charge on any atom is -0.480 e. The highest BCUT2D eigenvalue weighted by atomic mass is 16.4. The molecule has 1 saturated heterocycles. The lowest BCUT2D eigenvalue weighted by atomic mass is 9.85. The topological polar surface area (TPSA) is 113 Å². The lowest BCUT2D eigenvalue weighted by Crippen LogP contribution is -2.50. The van der Waals surface area contributed by atoms with E-state index in [0.29, 0.717) is 6.42 Å². The molecule has 0 aliphatic carbocycles. The molecule has 0 radical (unpaired) electrons. The largest absolute Gasteiger partial charge is 0.480 e. The van der Waals surface area contributed by atoms with Crippen LogP contribution in [0.15, 0.2) is 0 Å². The fraction of sp³-hybridized carbons (Fsp3) is 0.778. The van der Waals surface area contributed by atoms with E-state index in [0.717, 1.165) is 0 Å². The molecule has 0 aromatic carbocycles. The predicted octanol–water partition coefficient (Wildman–Crippen LogP) is -1.12. The summed E-state index contributed by atoms with van der Waals surface area (Å²) in [6.07, 6.45) is -0.263. The van der Waals surface area contributed by atoms with Gasteiger partial charge in [0.05, 0.1) is 0 Å². The monoisotopic (exact) mass is 216 g/mol. The number of hydrogen-bond donors (Lipinski definition) is 4. The van der Waals surface area contributed by atoms with Gasteiger partial charge < -0.3 is 21.3 Å². The zero-order valence-corrected chi connectivity index (χ0v) is 8.51. The Hall–Kier alpha value is -1.14. The van der Waals surface area contributed by atoms with Crippen LogP contribution >= 0.6 is 0 Å². The van der Waals surface area contributed by atoms with Gasteiger partial charge in [-0.15, -0.1) is 0 Å². The van der Waals surface area contributed by atoms with E-state index >= 15 is 0 Å². The molecule has 0 aromatic heterocycles. The number of carbonyl (C=O) groups is 2. The van der Waals surface area contributed by atoms with Crippen molar-refractivity contribution >= 4 is 11.9 Å². The Balaban J connectivity index is 2.55. The quantitative estimate of drug-likeness (QED) is 0.477. The van der Waals surface area contributed by atoms with Crippen LogP contribution in [0.25, 0.3) is 0 Å².